The van der Waals surface area contributed by atoms with Gasteiger partial charge in [0.1, 0.15) is 0 Å². The third-order valence-electron chi connectivity index (χ3n) is 7.34. The van der Waals surface area contributed by atoms with Gasteiger partial charge < -0.3 is 10.2 Å². The first kappa shape index (κ1) is 31.7. The number of hydrogen-bond donors (Lipinski definition) is 3. The van der Waals surface area contributed by atoms with Crippen molar-refractivity contribution < 1.29 is 22.8 Å². The van der Waals surface area contributed by atoms with E-state index >= 15 is 0 Å². The summed E-state index contributed by atoms with van der Waals surface area (Å²) in [5.41, 5.74) is 2.03. The molecule has 1 saturated carbocycles. The number of sulfonamides is 1. The quantitative estimate of drug-likeness (QED) is 0.298. The van der Waals surface area contributed by atoms with Gasteiger partial charge in [-0.2, -0.15) is 12.6 Å². The molecule has 3 amide bonds. The fourth-order valence-corrected chi connectivity index (χ4v) is 6.97. The van der Waals surface area contributed by atoms with Gasteiger partial charge in [0.05, 0.1) is 4.90 Å². The van der Waals surface area contributed by atoms with Crippen LogP contribution in [0.1, 0.15) is 64.4 Å². The van der Waals surface area contributed by atoms with Crippen LogP contribution >= 0.6 is 12.6 Å². The second-order valence-electron chi connectivity index (χ2n) is 10.4. The van der Waals surface area contributed by atoms with Crippen LogP contribution in [0.25, 0.3) is 11.1 Å². The maximum Gasteiger partial charge on any atom is 0.264 e. The number of hydrogen-bond acceptors (Lipinski definition) is 6. The zero-order chi connectivity index (χ0) is 29.1. The Bertz CT molecular complexity index is 1260. The molecule has 0 aliphatic heterocycles. The molecule has 0 radical (unpaired) electrons. The first-order valence-corrected chi connectivity index (χ1v) is 16.2. The Kier molecular flexibility index (Phi) is 12.1. The van der Waals surface area contributed by atoms with Gasteiger partial charge in [0, 0.05) is 50.2 Å². The van der Waals surface area contributed by atoms with Gasteiger partial charge in [-0.3, -0.25) is 14.4 Å². The average Bonchev–Trinajstić information content (AvgIpc) is 2.93. The van der Waals surface area contributed by atoms with Gasteiger partial charge in [-0.05, 0) is 42.4 Å². The molecule has 0 bridgehead atoms. The third-order valence-corrected chi connectivity index (χ3v) is 9.23. The number of carbonyl (C=O) groups excluding carboxylic acids is 3. The molecule has 1 fully saturated rings. The van der Waals surface area contributed by atoms with Gasteiger partial charge in [-0.15, -0.1) is 0 Å². The van der Waals surface area contributed by atoms with E-state index in [2.05, 4.69) is 17.9 Å². The van der Waals surface area contributed by atoms with Crippen molar-refractivity contribution in [2.24, 2.45) is 11.8 Å². The minimum atomic E-state index is -4.01. The fourth-order valence-electron chi connectivity index (χ4n) is 5.29. The Hall–Kier alpha value is -2.85. The molecule has 0 unspecified atom stereocenters. The highest BCUT2D eigenvalue weighted by atomic mass is 32.2. The maximum absolute atomic E-state index is 12.9. The zero-order valence-electron chi connectivity index (χ0n) is 23.4. The van der Waals surface area contributed by atoms with Crippen LogP contribution in [0, 0.1) is 11.8 Å². The lowest BCUT2D eigenvalue weighted by atomic mass is 9.80. The summed E-state index contributed by atoms with van der Waals surface area (Å²) in [6.45, 7) is 4.26. The number of rotatable bonds is 13. The minimum absolute atomic E-state index is 0.0150. The lowest BCUT2D eigenvalue weighted by molar-refractivity contribution is -0.132. The summed E-state index contributed by atoms with van der Waals surface area (Å²) in [4.78, 5) is 39.0. The van der Waals surface area contributed by atoms with E-state index < -0.39 is 15.9 Å². The molecular formula is C30H41N3O5S2. The van der Waals surface area contributed by atoms with Crippen molar-refractivity contribution >= 4 is 40.4 Å². The van der Waals surface area contributed by atoms with Gasteiger partial charge in [0.15, 0.2) is 0 Å². The van der Waals surface area contributed by atoms with Crippen LogP contribution in [0.5, 0.6) is 0 Å². The van der Waals surface area contributed by atoms with Crippen molar-refractivity contribution in [3.05, 3.63) is 54.1 Å². The van der Waals surface area contributed by atoms with Gasteiger partial charge in [-0.1, -0.05) is 68.7 Å². The third kappa shape index (κ3) is 8.83. The highest BCUT2D eigenvalue weighted by Crippen LogP contribution is 2.31. The summed E-state index contributed by atoms with van der Waals surface area (Å²) < 4.78 is 27.4. The Morgan fingerprint density at radius 1 is 1.02 bits per heavy atom. The normalized spacial score (nSPS) is 14.8. The molecule has 2 N–H and O–H groups in total. The van der Waals surface area contributed by atoms with E-state index in [1.807, 2.05) is 35.9 Å². The smallest absolute Gasteiger partial charge is 0.264 e. The van der Waals surface area contributed by atoms with Crippen LogP contribution < -0.4 is 10.0 Å². The van der Waals surface area contributed by atoms with Crippen molar-refractivity contribution in [1.82, 2.24) is 14.9 Å². The van der Waals surface area contributed by atoms with Crippen molar-refractivity contribution in [1.29, 1.82) is 0 Å². The highest BCUT2D eigenvalue weighted by Gasteiger charge is 2.28. The van der Waals surface area contributed by atoms with Gasteiger partial charge in [-0.25, -0.2) is 13.1 Å². The fraction of sp³-hybridized carbons (Fsp3) is 0.500. The van der Waals surface area contributed by atoms with Crippen molar-refractivity contribution in [2.75, 3.05) is 18.8 Å². The number of nitrogens with zero attached hydrogens (tertiary/aromatic N) is 1. The molecule has 2 aromatic rings. The van der Waals surface area contributed by atoms with Gasteiger partial charge >= 0.3 is 0 Å². The summed E-state index contributed by atoms with van der Waals surface area (Å²) in [6, 6.07) is 13.8. The number of benzene rings is 2. The molecule has 8 nitrogen and oxygen atoms in total. The molecule has 1 aliphatic rings. The Morgan fingerprint density at radius 3 is 2.33 bits per heavy atom. The topological polar surface area (TPSA) is 113 Å². The minimum Gasteiger partial charge on any atom is -0.354 e. The van der Waals surface area contributed by atoms with E-state index in [1.165, 1.54) is 12.5 Å². The predicted molar refractivity (Wildman–Crippen MR) is 160 cm³/mol. The van der Waals surface area contributed by atoms with E-state index in [1.54, 1.807) is 23.1 Å². The van der Waals surface area contributed by atoms with Crippen molar-refractivity contribution in [3.8, 4) is 11.1 Å². The molecule has 0 aromatic heterocycles. The Morgan fingerprint density at radius 2 is 1.70 bits per heavy atom. The summed E-state index contributed by atoms with van der Waals surface area (Å²) in [6.07, 6.45) is 6.84. The average molecular weight is 588 g/mol. The largest absolute Gasteiger partial charge is 0.354 e. The summed E-state index contributed by atoms with van der Waals surface area (Å²) in [7, 11) is -4.01. The summed E-state index contributed by atoms with van der Waals surface area (Å²) in [5.74, 6) is 0.173. The number of carbonyl (C=O) groups is 3. The highest BCUT2D eigenvalue weighted by molar-refractivity contribution is 7.90. The first-order chi connectivity index (χ1) is 19.2. The van der Waals surface area contributed by atoms with Crippen LogP contribution in [0.15, 0.2) is 53.4 Å². The standard InChI is InChI=1S/C30H41N3O5S2/c1-3-9-29(35)33(19-18-31-30(36)27(21-39)24-10-5-4-6-11-24)20-23-14-16-25(17-15-23)26-12-7-8-13-28(26)40(37,38)32-22(2)34/h7-8,12-17,24,27,39H,3-6,9-11,18-21H2,1-2H3,(H,31,36)(H,32,34)/t27-/m0/s1. The molecule has 0 spiro atoms. The maximum atomic E-state index is 12.9. The van der Waals surface area contributed by atoms with E-state index in [0.29, 0.717) is 48.9 Å². The number of thiol groups is 1. The zero-order valence-corrected chi connectivity index (χ0v) is 25.1. The summed E-state index contributed by atoms with van der Waals surface area (Å²) >= 11 is 4.45. The molecule has 0 saturated heterocycles. The van der Waals surface area contributed by atoms with Crippen molar-refractivity contribution in [2.45, 2.75) is 70.2 Å². The second kappa shape index (κ2) is 15.2. The van der Waals surface area contributed by atoms with E-state index in [4.69, 9.17) is 0 Å². The van der Waals surface area contributed by atoms with Crippen molar-refractivity contribution in [3.63, 3.8) is 0 Å². The lowest BCUT2D eigenvalue weighted by Gasteiger charge is -2.29. The second-order valence-corrected chi connectivity index (χ2v) is 12.4. The predicted octanol–water partition coefficient (Wildman–Crippen LogP) is 4.55. The van der Waals surface area contributed by atoms with Crippen LogP contribution in [0.2, 0.25) is 0 Å². The number of nitrogens with one attached hydrogen (secondary N) is 2. The van der Waals surface area contributed by atoms with Crippen LogP contribution in [-0.4, -0.2) is 49.9 Å². The first-order valence-electron chi connectivity index (χ1n) is 14.0. The molecule has 1 aliphatic carbocycles. The van der Waals surface area contributed by atoms with Gasteiger partial charge in [0.2, 0.25) is 17.7 Å². The molecule has 40 heavy (non-hydrogen) atoms. The lowest BCUT2D eigenvalue weighted by Crippen LogP contribution is -2.42. The van der Waals surface area contributed by atoms with Crippen LogP contribution in [0.3, 0.4) is 0 Å². The number of amides is 3. The van der Waals surface area contributed by atoms with E-state index in [0.717, 1.165) is 44.6 Å². The Labute approximate surface area is 243 Å². The Balaban J connectivity index is 1.68. The van der Waals surface area contributed by atoms with Crippen LogP contribution in [-0.2, 0) is 31.0 Å². The van der Waals surface area contributed by atoms with Crippen LogP contribution in [0.4, 0.5) is 0 Å². The monoisotopic (exact) mass is 587 g/mol. The molecule has 10 heteroatoms. The molecular weight excluding hydrogens is 546 g/mol. The molecule has 0 heterocycles. The molecule has 218 valence electrons. The molecule has 3 rings (SSSR count). The molecule has 2 aromatic carbocycles. The van der Waals surface area contributed by atoms with E-state index in [9.17, 15) is 22.8 Å². The van der Waals surface area contributed by atoms with Gasteiger partial charge in [0.25, 0.3) is 10.0 Å². The SMILES string of the molecule is CCCC(=O)N(CCNC(=O)[C@@H](CS)C1CCCCC1)Cc1ccc(-c2ccccc2S(=O)(=O)NC(C)=O)cc1. The summed E-state index contributed by atoms with van der Waals surface area (Å²) in [5, 5.41) is 3.04. The van der Waals surface area contributed by atoms with E-state index in [-0.39, 0.29) is 22.6 Å². The molecule has 1 atom stereocenters.